The summed E-state index contributed by atoms with van der Waals surface area (Å²) in [5, 5.41) is -1.39. The number of carbonyl (C=O) groups excluding carboxylic acids is 2. The lowest BCUT2D eigenvalue weighted by Gasteiger charge is -2.28. The molecule has 0 radical (unpaired) electrons. The van der Waals surface area contributed by atoms with Gasteiger partial charge >= 0.3 is 12.1 Å². The minimum Gasteiger partial charge on any atom is -0.465 e. The molecule has 3 nitrogen and oxygen atoms in total. The zero-order chi connectivity index (χ0) is 19.5. The number of hydrogen-bond donors (Lipinski definition) is 0. The molecule has 1 aliphatic rings. The minimum absolute atomic E-state index is 0.00308. The van der Waals surface area contributed by atoms with Crippen LogP contribution >= 0.6 is 11.6 Å². The summed E-state index contributed by atoms with van der Waals surface area (Å²) in [5.74, 6) is -1.61. The van der Waals surface area contributed by atoms with Gasteiger partial charge in [-0.3, -0.25) is 9.59 Å². The highest BCUT2D eigenvalue weighted by Gasteiger charge is 2.39. The molecule has 1 unspecified atom stereocenters. The predicted octanol–water partition coefficient (Wildman–Crippen LogP) is 5.80. The zero-order valence-electron chi connectivity index (χ0n) is 14.8. The third kappa shape index (κ3) is 4.58. The van der Waals surface area contributed by atoms with Gasteiger partial charge < -0.3 is 4.74 Å². The van der Waals surface area contributed by atoms with Crippen LogP contribution in [-0.2, 0) is 15.7 Å². The molecule has 1 atom stereocenters. The molecular formula is C19H22ClF3O3. The van der Waals surface area contributed by atoms with E-state index in [1.807, 2.05) is 0 Å². The Labute approximate surface area is 155 Å². The van der Waals surface area contributed by atoms with E-state index in [4.69, 9.17) is 16.3 Å². The number of rotatable bonds is 5. The van der Waals surface area contributed by atoms with Crippen LogP contribution in [0.15, 0.2) is 12.1 Å². The smallest absolute Gasteiger partial charge is 0.416 e. The second-order valence-corrected chi connectivity index (χ2v) is 6.97. The maximum atomic E-state index is 13.8. The van der Waals surface area contributed by atoms with E-state index in [1.165, 1.54) is 13.0 Å². The molecule has 1 aromatic rings. The van der Waals surface area contributed by atoms with Crippen LogP contribution in [0.3, 0.4) is 0 Å². The van der Waals surface area contributed by atoms with Crippen molar-refractivity contribution in [2.75, 3.05) is 6.61 Å². The van der Waals surface area contributed by atoms with Gasteiger partial charge in [0.1, 0.15) is 0 Å². The number of alkyl halides is 4. The van der Waals surface area contributed by atoms with Crippen molar-refractivity contribution in [2.45, 2.75) is 63.4 Å². The SMILES string of the molecule is CCOC(=O)C(Cl)c1cc(C(C)=O)c(C2CCCCC2)c(C(F)(F)F)c1. The highest BCUT2D eigenvalue weighted by Crippen LogP contribution is 2.44. The lowest BCUT2D eigenvalue weighted by atomic mass is 9.78. The van der Waals surface area contributed by atoms with Crippen LogP contribution < -0.4 is 0 Å². The summed E-state index contributed by atoms with van der Waals surface area (Å²) in [6.45, 7) is 2.88. The maximum absolute atomic E-state index is 13.8. The van der Waals surface area contributed by atoms with Crippen molar-refractivity contribution in [1.82, 2.24) is 0 Å². The van der Waals surface area contributed by atoms with Gasteiger partial charge in [0.05, 0.1) is 12.2 Å². The van der Waals surface area contributed by atoms with Crippen molar-refractivity contribution < 1.29 is 27.5 Å². The monoisotopic (exact) mass is 390 g/mol. The maximum Gasteiger partial charge on any atom is 0.416 e. The van der Waals surface area contributed by atoms with E-state index in [9.17, 15) is 22.8 Å². The van der Waals surface area contributed by atoms with E-state index in [-0.39, 0.29) is 29.2 Å². The normalized spacial score (nSPS) is 17.0. The highest BCUT2D eigenvalue weighted by molar-refractivity contribution is 6.30. The number of esters is 1. The van der Waals surface area contributed by atoms with E-state index >= 15 is 0 Å². The molecule has 1 aromatic carbocycles. The fourth-order valence-corrected chi connectivity index (χ4v) is 3.72. The third-order valence-corrected chi connectivity index (χ3v) is 5.12. The second-order valence-electron chi connectivity index (χ2n) is 6.53. The molecule has 0 saturated heterocycles. The first-order valence-electron chi connectivity index (χ1n) is 8.73. The van der Waals surface area contributed by atoms with Crippen LogP contribution in [0.1, 0.15) is 84.3 Å². The number of halogens is 4. The molecule has 0 bridgehead atoms. The molecule has 1 aliphatic carbocycles. The molecule has 144 valence electrons. The number of carbonyl (C=O) groups is 2. The van der Waals surface area contributed by atoms with Gasteiger partial charge in [-0.15, -0.1) is 11.6 Å². The first kappa shape index (κ1) is 20.7. The molecule has 0 amide bonds. The standard InChI is InChI=1S/C19H22ClF3O3/c1-3-26-18(25)17(20)13-9-14(11(2)24)16(12-7-5-4-6-8-12)15(10-13)19(21,22)23/h9-10,12,17H,3-8H2,1-2H3. The molecule has 0 spiro atoms. The van der Waals surface area contributed by atoms with Crippen molar-refractivity contribution in [1.29, 1.82) is 0 Å². The van der Waals surface area contributed by atoms with Crippen molar-refractivity contribution >= 4 is 23.4 Å². The first-order valence-corrected chi connectivity index (χ1v) is 9.17. The van der Waals surface area contributed by atoms with Gasteiger partial charge in [0.25, 0.3) is 0 Å². The summed E-state index contributed by atoms with van der Waals surface area (Å²) in [7, 11) is 0. The molecule has 1 fully saturated rings. The fraction of sp³-hybridized carbons (Fsp3) is 0.579. The Hall–Kier alpha value is -1.56. The zero-order valence-corrected chi connectivity index (χ0v) is 15.5. The molecule has 0 aliphatic heterocycles. The van der Waals surface area contributed by atoms with Crippen molar-refractivity contribution in [3.8, 4) is 0 Å². The highest BCUT2D eigenvalue weighted by atomic mass is 35.5. The van der Waals surface area contributed by atoms with Crippen LogP contribution in [0.2, 0.25) is 0 Å². The minimum atomic E-state index is -4.64. The Bertz CT molecular complexity index is 679. The second kappa shape index (κ2) is 8.42. The molecular weight excluding hydrogens is 369 g/mol. The summed E-state index contributed by atoms with van der Waals surface area (Å²) in [5.41, 5.74) is -0.901. The Kier molecular flexibility index (Phi) is 6.72. The Morgan fingerprint density at radius 3 is 2.35 bits per heavy atom. The van der Waals surface area contributed by atoms with Gasteiger partial charge in [0.15, 0.2) is 11.2 Å². The molecule has 0 heterocycles. The molecule has 7 heteroatoms. The van der Waals surface area contributed by atoms with E-state index in [2.05, 4.69) is 0 Å². The van der Waals surface area contributed by atoms with Crippen LogP contribution in [0.4, 0.5) is 13.2 Å². The van der Waals surface area contributed by atoms with Gasteiger partial charge in [-0.05, 0) is 55.9 Å². The summed E-state index contributed by atoms with van der Waals surface area (Å²) in [4.78, 5) is 24.0. The van der Waals surface area contributed by atoms with Crippen LogP contribution in [0.25, 0.3) is 0 Å². The van der Waals surface area contributed by atoms with Gasteiger partial charge in [-0.25, -0.2) is 0 Å². The Morgan fingerprint density at radius 1 is 1.23 bits per heavy atom. The fourth-order valence-electron chi connectivity index (χ4n) is 3.53. The summed E-state index contributed by atoms with van der Waals surface area (Å²) >= 11 is 6.02. The van der Waals surface area contributed by atoms with Gasteiger partial charge in [-0.1, -0.05) is 19.3 Å². The van der Waals surface area contributed by atoms with Crippen LogP contribution in [0.5, 0.6) is 0 Å². The lowest BCUT2D eigenvalue weighted by molar-refractivity contribution is -0.143. The molecule has 0 aromatic heterocycles. The number of Topliss-reactive ketones (excluding diaryl/α,β-unsaturated/α-hetero) is 1. The van der Waals surface area contributed by atoms with E-state index in [0.717, 1.165) is 25.3 Å². The van der Waals surface area contributed by atoms with E-state index in [1.54, 1.807) is 6.92 Å². The quantitative estimate of drug-likeness (QED) is 0.362. The molecule has 2 rings (SSSR count). The van der Waals surface area contributed by atoms with E-state index < -0.39 is 28.9 Å². The Morgan fingerprint density at radius 2 is 1.85 bits per heavy atom. The topological polar surface area (TPSA) is 43.4 Å². The third-order valence-electron chi connectivity index (χ3n) is 4.69. The number of ether oxygens (including phenoxy) is 1. The van der Waals surface area contributed by atoms with Crippen molar-refractivity contribution in [2.24, 2.45) is 0 Å². The molecule has 1 saturated carbocycles. The van der Waals surface area contributed by atoms with Gasteiger partial charge in [-0.2, -0.15) is 13.2 Å². The number of hydrogen-bond acceptors (Lipinski definition) is 3. The van der Waals surface area contributed by atoms with Crippen LogP contribution in [-0.4, -0.2) is 18.4 Å². The molecule has 26 heavy (non-hydrogen) atoms. The average molecular weight is 391 g/mol. The van der Waals surface area contributed by atoms with Crippen LogP contribution in [0, 0.1) is 0 Å². The number of benzene rings is 1. The largest absolute Gasteiger partial charge is 0.465 e. The summed E-state index contributed by atoms with van der Waals surface area (Å²) in [6.07, 6.45) is -0.754. The first-order chi connectivity index (χ1) is 12.2. The summed E-state index contributed by atoms with van der Waals surface area (Å²) in [6, 6.07) is 2.21. The van der Waals surface area contributed by atoms with E-state index in [0.29, 0.717) is 12.8 Å². The van der Waals surface area contributed by atoms with Crippen molar-refractivity contribution in [3.63, 3.8) is 0 Å². The summed E-state index contributed by atoms with van der Waals surface area (Å²) < 4.78 is 46.1. The van der Waals surface area contributed by atoms with Gasteiger partial charge in [0.2, 0.25) is 0 Å². The lowest BCUT2D eigenvalue weighted by Crippen LogP contribution is -2.20. The number of ketones is 1. The Balaban J connectivity index is 2.63. The average Bonchev–Trinajstić information content (AvgIpc) is 2.60. The van der Waals surface area contributed by atoms with Crippen molar-refractivity contribution in [3.05, 3.63) is 34.4 Å². The predicted molar refractivity (Wildman–Crippen MR) is 92.5 cm³/mol. The van der Waals surface area contributed by atoms with Gasteiger partial charge in [0, 0.05) is 5.56 Å². The molecule has 0 N–H and O–H groups in total.